The number of imidazole rings is 1. The minimum Gasteiger partial charge on any atom is -0.345 e. The number of aromatic nitrogens is 4. The first-order valence-electron chi connectivity index (χ1n) is 10.7. The number of H-pyrrole nitrogens is 1. The maximum atomic E-state index is 13.5. The van der Waals surface area contributed by atoms with Crippen LogP contribution in [0.2, 0.25) is 0 Å². The molecule has 1 aliphatic heterocycles. The fraction of sp³-hybridized carbons (Fsp3) is 0.333. The third-order valence-electron chi connectivity index (χ3n) is 7.56. The summed E-state index contributed by atoms with van der Waals surface area (Å²) in [5.41, 5.74) is 6.12. The van der Waals surface area contributed by atoms with Crippen molar-refractivity contribution in [3.8, 4) is 11.4 Å². The molecule has 4 aromatic rings. The number of nitrogens with one attached hydrogen (secondary N) is 1. The van der Waals surface area contributed by atoms with Gasteiger partial charge in [0.15, 0.2) is 0 Å². The molecule has 1 saturated heterocycles. The fourth-order valence-electron chi connectivity index (χ4n) is 5.54. The van der Waals surface area contributed by atoms with Crippen molar-refractivity contribution >= 4 is 16.9 Å². The van der Waals surface area contributed by atoms with E-state index in [1.54, 1.807) is 6.33 Å². The Hall–Kier alpha value is -3.48. The van der Waals surface area contributed by atoms with Crippen LogP contribution < -0.4 is 0 Å². The van der Waals surface area contributed by atoms with Crippen molar-refractivity contribution < 1.29 is 9.32 Å². The highest BCUT2D eigenvalue weighted by molar-refractivity contribution is 5.97. The van der Waals surface area contributed by atoms with Crippen molar-refractivity contribution in [2.75, 3.05) is 6.54 Å². The number of hydrogen-bond donors (Lipinski definition) is 1. The number of likely N-dealkylation sites (tertiary alicyclic amines) is 1. The third kappa shape index (κ3) is 2.65. The first-order valence-corrected chi connectivity index (χ1v) is 10.7. The summed E-state index contributed by atoms with van der Waals surface area (Å²) in [6.45, 7) is 5.37. The van der Waals surface area contributed by atoms with Crippen LogP contribution in [0.1, 0.15) is 41.8 Å². The summed E-state index contributed by atoms with van der Waals surface area (Å²) < 4.78 is 4.93. The molecular formula is C24H23N5O2. The van der Waals surface area contributed by atoms with Crippen LogP contribution in [0.15, 0.2) is 53.6 Å². The summed E-state index contributed by atoms with van der Waals surface area (Å²) in [6, 6.07) is 12.3. The molecule has 2 bridgehead atoms. The van der Waals surface area contributed by atoms with Crippen molar-refractivity contribution in [3.63, 3.8) is 0 Å². The predicted octanol–water partition coefficient (Wildman–Crippen LogP) is 3.98. The number of aromatic amines is 1. The smallest absolute Gasteiger partial charge is 0.254 e. The normalized spacial score (nSPS) is 24.9. The van der Waals surface area contributed by atoms with Gasteiger partial charge in [0, 0.05) is 23.7 Å². The number of amides is 1. The molecule has 1 fully saturated rings. The molecular weight excluding hydrogens is 390 g/mol. The average molecular weight is 413 g/mol. The second-order valence-electron chi connectivity index (χ2n) is 8.99. The van der Waals surface area contributed by atoms with E-state index in [2.05, 4.69) is 57.1 Å². The molecule has 2 aliphatic rings. The SMILES string of the molecule is CC1C2Cc3ccc(-c4ncon4)cc3C1(C)CCN2C(=O)c1ccc2nc[nH]c2c1. The number of carbonyl (C=O) groups excluding carboxylic acids is 1. The Labute approximate surface area is 179 Å². The molecule has 2 aromatic carbocycles. The van der Waals surface area contributed by atoms with E-state index in [0.29, 0.717) is 17.3 Å². The summed E-state index contributed by atoms with van der Waals surface area (Å²) in [5.74, 6) is 1.05. The summed E-state index contributed by atoms with van der Waals surface area (Å²) >= 11 is 0. The van der Waals surface area contributed by atoms with Crippen molar-refractivity contribution in [2.24, 2.45) is 5.92 Å². The Balaban J connectivity index is 1.36. The number of carbonyl (C=O) groups is 1. The molecule has 0 spiro atoms. The van der Waals surface area contributed by atoms with Crippen molar-refractivity contribution in [1.29, 1.82) is 0 Å². The van der Waals surface area contributed by atoms with Crippen LogP contribution in [0, 0.1) is 5.92 Å². The van der Waals surface area contributed by atoms with Gasteiger partial charge in [0.1, 0.15) is 0 Å². The minimum absolute atomic E-state index is 0.00209. The summed E-state index contributed by atoms with van der Waals surface area (Å²) in [6.07, 6.45) is 4.80. The first-order chi connectivity index (χ1) is 15.0. The Morgan fingerprint density at radius 3 is 2.97 bits per heavy atom. The number of benzene rings is 2. The van der Waals surface area contributed by atoms with Crippen LogP contribution in [0.3, 0.4) is 0 Å². The topological polar surface area (TPSA) is 87.9 Å². The number of piperidine rings is 1. The molecule has 7 heteroatoms. The molecule has 6 rings (SSSR count). The monoisotopic (exact) mass is 413 g/mol. The van der Waals surface area contributed by atoms with Crippen LogP contribution >= 0.6 is 0 Å². The van der Waals surface area contributed by atoms with Crippen LogP contribution in [0.25, 0.3) is 22.4 Å². The quantitative estimate of drug-likeness (QED) is 0.537. The van der Waals surface area contributed by atoms with E-state index < -0.39 is 0 Å². The Bertz CT molecular complexity index is 1290. The van der Waals surface area contributed by atoms with E-state index in [4.69, 9.17) is 4.52 Å². The molecule has 0 radical (unpaired) electrons. The van der Waals surface area contributed by atoms with Crippen molar-refractivity contribution in [3.05, 3.63) is 65.8 Å². The van der Waals surface area contributed by atoms with Gasteiger partial charge in [-0.3, -0.25) is 4.79 Å². The predicted molar refractivity (Wildman–Crippen MR) is 115 cm³/mol. The van der Waals surface area contributed by atoms with E-state index >= 15 is 0 Å². The zero-order valence-electron chi connectivity index (χ0n) is 17.5. The highest BCUT2D eigenvalue weighted by atomic mass is 16.5. The third-order valence-corrected chi connectivity index (χ3v) is 7.56. The van der Waals surface area contributed by atoms with Gasteiger partial charge in [-0.2, -0.15) is 4.98 Å². The van der Waals surface area contributed by atoms with Crippen LogP contribution in [-0.2, 0) is 11.8 Å². The van der Waals surface area contributed by atoms with E-state index in [1.807, 2.05) is 18.2 Å². The maximum absolute atomic E-state index is 13.5. The Kier molecular flexibility index (Phi) is 3.84. The van der Waals surface area contributed by atoms with Gasteiger partial charge in [0.2, 0.25) is 12.2 Å². The average Bonchev–Trinajstić information content (AvgIpc) is 3.47. The molecule has 3 unspecified atom stereocenters. The summed E-state index contributed by atoms with van der Waals surface area (Å²) in [7, 11) is 0. The van der Waals surface area contributed by atoms with Crippen molar-refractivity contribution in [1.82, 2.24) is 25.0 Å². The summed E-state index contributed by atoms with van der Waals surface area (Å²) in [5, 5.41) is 4.00. The van der Waals surface area contributed by atoms with Gasteiger partial charge in [-0.1, -0.05) is 31.1 Å². The summed E-state index contributed by atoms with van der Waals surface area (Å²) in [4.78, 5) is 27.2. The highest BCUT2D eigenvalue weighted by Gasteiger charge is 2.49. The molecule has 7 nitrogen and oxygen atoms in total. The first kappa shape index (κ1) is 18.3. The molecule has 0 saturated carbocycles. The fourth-order valence-corrected chi connectivity index (χ4v) is 5.54. The standard InChI is InChI=1S/C24H23N5O2/c1-14-21-11-15-3-4-16(22-27-13-31-28-22)9-18(15)24(14,2)7-8-29(21)23(30)17-5-6-19-20(10-17)26-12-25-19/h3-6,9-10,12-14,21H,7-8,11H2,1-2H3,(H,25,26). The minimum atomic E-state index is 0.00209. The van der Waals surface area contributed by atoms with Gasteiger partial charge in [0.05, 0.1) is 17.4 Å². The lowest BCUT2D eigenvalue weighted by atomic mass is 9.58. The lowest BCUT2D eigenvalue weighted by Crippen LogP contribution is -2.59. The zero-order chi connectivity index (χ0) is 21.2. The van der Waals surface area contributed by atoms with Gasteiger partial charge in [0.25, 0.3) is 5.91 Å². The second kappa shape index (κ2) is 6.51. The molecule has 1 aliphatic carbocycles. The lowest BCUT2D eigenvalue weighted by molar-refractivity contribution is 0.0251. The van der Waals surface area contributed by atoms with Gasteiger partial charge in [-0.25, -0.2) is 4.98 Å². The maximum Gasteiger partial charge on any atom is 0.254 e. The molecule has 2 aromatic heterocycles. The van der Waals surface area contributed by atoms with Crippen LogP contribution in [-0.4, -0.2) is 43.5 Å². The van der Waals surface area contributed by atoms with E-state index in [9.17, 15) is 4.79 Å². The largest absolute Gasteiger partial charge is 0.345 e. The van der Waals surface area contributed by atoms with Crippen LogP contribution in [0.4, 0.5) is 0 Å². The van der Waals surface area contributed by atoms with Gasteiger partial charge in [-0.05, 0) is 59.6 Å². The lowest BCUT2D eigenvalue weighted by Gasteiger charge is -2.54. The Morgan fingerprint density at radius 2 is 2.13 bits per heavy atom. The zero-order valence-corrected chi connectivity index (χ0v) is 17.5. The van der Waals surface area contributed by atoms with E-state index in [1.165, 1.54) is 17.5 Å². The van der Waals surface area contributed by atoms with E-state index in [0.717, 1.165) is 36.0 Å². The van der Waals surface area contributed by atoms with Gasteiger partial charge >= 0.3 is 0 Å². The van der Waals surface area contributed by atoms with Crippen LogP contribution in [0.5, 0.6) is 0 Å². The number of nitrogens with zero attached hydrogens (tertiary/aromatic N) is 4. The molecule has 31 heavy (non-hydrogen) atoms. The van der Waals surface area contributed by atoms with Crippen molar-refractivity contribution in [2.45, 2.75) is 38.1 Å². The second-order valence-corrected chi connectivity index (χ2v) is 8.99. The molecule has 3 atom stereocenters. The number of rotatable bonds is 2. The van der Waals surface area contributed by atoms with Gasteiger partial charge < -0.3 is 14.4 Å². The number of fused-ring (bicyclic) bond motifs is 5. The molecule has 1 N–H and O–H groups in total. The molecule has 1 amide bonds. The molecule has 3 heterocycles. The Morgan fingerprint density at radius 1 is 1.23 bits per heavy atom. The highest BCUT2D eigenvalue weighted by Crippen LogP contribution is 2.49. The number of hydrogen-bond acceptors (Lipinski definition) is 5. The van der Waals surface area contributed by atoms with E-state index in [-0.39, 0.29) is 17.4 Å². The molecule has 156 valence electrons. The van der Waals surface area contributed by atoms with Gasteiger partial charge in [-0.15, -0.1) is 0 Å².